The summed E-state index contributed by atoms with van der Waals surface area (Å²) in [5, 5.41) is 0. The van der Waals surface area contributed by atoms with E-state index >= 15 is 0 Å². The highest BCUT2D eigenvalue weighted by Gasteiger charge is 2.26. The number of carbonyl (C=O) groups is 2. The van der Waals surface area contributed by atoms with Gasteiger partial charge in [-0.1, -0.05) is 0 Å². The minimum absolute atomic E-state index is 0.108. The number of hydrogen-bond acceptors (Lipinski definition) is 5. The first-order chi connectivity index (χ1) is 13.0. The van der Waals surface area contributed by atoms with Crippen LogP contribution < -0.4 is 0 Å². The summed E-state index contributed by atoms with van der Waals surface area (Å²) < 4.78 is 0. The van der Waals surface area contributed by atoms with Crippen molar-refractivity contribution in [1.82, 2.24) is 24.7 Å². The molecule has 7 heteroatoms. The summed E-state index contributed by atoms with van der Waals surface area (Å²) in [4.78, 5) is 39.3. The summed E-state index contributed by atoms with van der Waals surface area (Å²) in [5.74, 6) is 1.62. The lowest BCUT2D eigenvalue weighted by atomic mass is 9.95. The van der Waals surface area contributed by atoms with Crippen molar-refractivity contribution in [2.24, 2.45) is 0 Å². The van der Waals surface area contributed by atoms with Gasteiger partial charge in [0.2, 0.25) is 11.8 Å². The number of piperidine rings is 1. The summed E-state index contributed by atoms with van der Waals surface area (Å²) in [7, 11) is 0. The van der Waals surface area contributed by atoms with E-state index in [4.69, 9.17) is 4.98 Å². The van der Waals surface area contributed by atoms with E-state index in [-0.39, 0.29) is 11.8 Å². The number of nitrogens with zero attached hydrogens (tertiary/aromatic N) is 5. The van der Waals surface area contributed by atoms with Crippen LogP contribution in [0.25, 0.3) is 0 Å². The van der Waals surface area contributed by atoms with Crippen LogP contribution in [0.15, 0.2) is 6.20 Å². The third-order valence-corrected chi connectivity index (χ3v) is 5.83. The van der Waals surface area contributed by atoms with Gasteiger partial charge in [0.15, 0.2) is 0 Å². The Morgan fingerprint density at radius 1 is 1.19 bits per heavy atom. The number of likely N-dealkylation sites (tertiary alicyclic amines) is 1. The van der Waals surface area contributed by atoms with Crippen molar-refractivity contribution < 1.29 is 9.59 Å². The van der Waals surface area contributed by atoms with Gasteiger partial charge < -0.3 is 9.80 Å². The first-order valence-corrected chi connectivity index (χ1v) is 10.1. The van der Waals surface area contributed by atoms with Crippen LogP contribution in [0.4, 0.5) is 0 Å². The Bertz CT molecular complexity index is 681. The molecule has 3 rings (SSSR count). The van der Waals surface area contributed by atoms with E-state index in [9.17, 15) is 9.59 Å². The Morgan fingerprint density at radius 3 is 2.52 bits per heavy atom. The Hall–Kier alpha value is -2.02. The molecule has 148 valence electrons. The van der Waals surface area contributed by atoms with E-state index < -0.39 is 0 Å². The van der Waals surface area contributed by atoms with Crippen LogP contribution in [-0.4, -0.2) is 75.8 Å². The van der Waals surface area contributed by atoms with Gasteiger partial charge in [0.05, 0.1) is 12.2 Å². The second kappa shape index (κ2) is 8.78. The van der Waals surface area contributed by atoms with E-state index in [2.05, 4.69) is 9.88 Å². The lowest BCUT2D eigenvalue weighted by Crippen LogP contribution is -2.43. The molecule has 2 aliphatic heterocycles. The SMILES string of the molecule is CCN(CC)C(=O)CN1CCC(c2ncc3c(n2)CCN(C(C)=O)C3)CC1. The van der Waals surface area contributed by atoms with E-state index in [1.807, 2.05) is 29.8 Å². The first-order valence-electron chi connectivity index (χ1n) is 10.1. The smallest absolute Gasteiger partial charge is 0.236 e. The largest absolute Gasteiger partial charge is 0.342 e. The molecule has 1 saturated heterocycles. The molecule has 1 aromatic rings. The van der Waals surface area contributed by atoms with E-state index in [0.29, 0.717) is 19.0 Å². The highest BCUT2D eigenvalue weighted by atomic mass is 16.2. The van der Waals surface area contributed by atoms with Crippen LogP contribution in [0, 0.1) is 0 Å². The van der Waals surface area contributed by atoms with Gasteiger partial charge in [0.25, 0.3) is 0 Å². The molecule has 7 nitrogen and oxygen atoms in total. The average Bonchev–Trinajstić information content (AvgIpc) is 2.68. The quantitative estimate of drug-likeness (QED) is 0.781. The highest BCUT2D eigenvalue weighted by molar-refractivity contribution is 5.78. The Labute approximate surface area is 161 Å². The third kappa shape index (κ3) is 4.64. The second-order valence-electron chi connectivity index (χ2n) is 7.51. The van der Waals surface area contributed by atoms with Gasteiger partial charge in [-0.05, 0) is 39.8 Å². The number of carbonyl (C=O) groups excluding carboxylic acids is 2. The number of fused-ring (bicyclic) bond motifs is 1. The molecule has 1 fully saturated rings. The van der Waals surface area contributed by atoms with Gasteiger partial charge in [-0.15, -0.1) is 0 Å². The third-order valence-electron chi connectivity index (χ3n) is 5.83. The van der Waals surface area contributed by atoms with Crippen molar-refractivity contribution >= 4 is 11.8 Å². The van der Waals surface area contributed by atoms with Gasteiger partial charge in [0, 0.05) is 57.2 Å². The normalized spacial score (nSPS) is 18.3. The zero-order chi connectivity index (χ0) is 19.4. The zero-order valence-corrected chi connectivity index (χ0v) is 16.8. The van der Waals surface area contributed by atoms with Crippen molar-refractivity contribution in [3.8, 4) is 0 Å². The van der Waals surface area contributed by atoms with E-state index in [1.165, 1.54) is 0 Å². The van der Waals surface area contributed by atoms with Crippen molar-refractivity contribution in [2.75, 3.05) is 39.3 Å². The summed E-state index contributed by atoms with van der Waals surface area (Å²) in [5.41, 5.74) is 2.17. The molecular formula is C20H31N5O2. The summed E-state index contributed by atoms with van der Waals surface area (Å²) in [6, 6.07) is 0. The maximum absolute atomic E-state index is 12.3. The molecule has 2 amide bonds. The van der Waals surface area contributed by atoms with Gasteiger partial charge in [-0.2, -0.15) is 0 Å². The topological polar surface area (TPSA) is 69.6 Å². The first kappa shape index (κ1) is 19.7. The fourth-order valence-electron chi connectivity index (χ4n) is 4.01. The molecule has 1 aromatic heterocycles. The maximum atomic E-state index is 12.3. The summed E-state index contributed by atoms with van der Waals surface area (Å²) in [6.45, 7) is 10.9. The summed E-state index contributed by atoms with van der Waals surface area (Å²) >= 11 is 0. The zero-order valence-electron chi connectivity index (χ0n) is 16.8. The lowest BCUT2D eigenvalue weighted by Gasteiger charge is -2.33. The molecule has 0 atom stereocenters. The van der Waals surface area contributed by atoms with Crippen LogP contribution in [0.1, 0.15) is 56.6 Å². The molecule has 0 saturated carbocycles. The maximum Gasteiger partial charge on any atom is 0.236 e. The van der Waals surface area contributed by atoms with Crippen LogP contribution in [0.2, 0.25) is 0 Å². The van der Waals surface area contributed by atoms with Gasteiger partial charge in [0.1, 0.15) is 5.82 Å². The highest BCUT2D eigenvalue weighted by Crippen LogP contribution is 2.27. The molecule has 0 spiro atoms. The summed E-state index contributed by atoms with van der Waals surface area (Å²) in [6.07, 6.45) is 4.69. The molecule has 27 heavy (non-hydrogen) atoms. The van der Waals surface area contributed by atoms with Crippen molar-refractivity contribution in [1.29, 1.82) is 0 Å². The number of hydrogen-bond donors (Lipinski definition) is 0. The molecule has 2 aliphatic rings. The molecule has 0 bridgehead atoms. The standard InChI is InChI=1S/C20H31N5O2/c1-4-24(5-2)19(27)14-23-9-6-16(7-10-23)20-21-12-17-13-25(15(3)26)11-8-18(17)22-20/h12,16H,4-11,13-14H2,1-3H3. The van der Waals surface area contributed by atoms with Crippen LogP contribution in [-0.2, 0) is 22.6 Å². The van der Waals surface area contributed by atoms with Gasteiger partial charge in [-0.3, -0.25) is 14.5 Å². The monoisotopic (exact) mass is 373 g/mol. The number of rotatable bonds is 5. The molecule has 0 unspecified atom stereocenters. The Morgan fingerprint density at radius 2 is 1.89 bits per heavy atom. The van der Waals surface area contributed by atoms with Crippen LogP contribution >= 0.6 is 0 Å². The predicted octanol–water partition coefficient (Wildman–Crippen LogP) is 1.43. The molecular weight excluding hydrogens is 342 g/mol. The molecule has 3 heterocycles. The predicted molar refractivity (Wildman–Crippen MR) is 103 cm³/mol. The van der Waals surface area contributed by atoms with Crippen molar-refractivity contribution in [3.63, 3.8) is 0 Å². The number of amides is 2. The Kier molecular flexibility index (Phi) is 6.42. The minimum Gasteiger partial charge on any atom is -0.342 e. The average molecular weight is 374 g/mol. The molecule has 0 aliphatic carbocycles. The van der Waals surface area contributed by atoms with Crippen molar-refractivity contribution in [2.45, 2.75) is 52.5 Å². The van der Waals surface area contributed by atoms with Crippen LogP contribution in [0.3, 0.4) is 0 Å². The van der Waals surface area contributed by atoms with Crippen molar-refractivity contribution in [3.05, 3.63) is 23.3 Å². The second-order valence-corrected chi connectivity index (χ2v) is 7.51. The number of likely N-dealkylation sites (N-methyl/N-ethyl adjacent to an activating group) is 1. The van der Waals surface area contributed by atoms with Gasteiger partial charge >= 0.3 is 0 Å². The van der Waals surface area contributed by atoms with E-state index in [1.54, 1.807) is 6.92 Å². The molecule has 0 aromatic carbocycles. The minimum atomic E-state index is 0.108. The molecule has 0 radical (unpaired) electrons. The molecule has 0 N–H and O–H groups in total. The Balaban J connectivity index is 1.56. The van der Waals surface area contributed by atoms with Crippen LogP contribution in [0.5, 0.6) is 0 Å². The fraction of sp³-hybridized carbons (Fsp3) is 0.700. The fourth-order valence-corrected chi connectivity index (χ4v) is 4.01. The number of aromatic nitrogens is 2. The van der Waals surface area contributed by atoms with E-state index in [0.717, 1.165) is 69.1 Å². The van der Waals surface area contributed by atoms with Gasteiger partial charge in [-0.25, -0.2) is 9.97 Å². The lowest BCUT2D eigenvalue weighted by molar-refractivity contribution is -0.132.